The number of hydrogen-bond acceptors (Lipinski definition) is 5. The Bertz CT molecular complexity index is 1250. The van der Waals surface area contributed by atoms with Crippen molar-refractivity contribution in [3.63, 3.8) is 0 Å². The number of phenols is 1. The van der Waals surface area contributed by atoms with Crippen LogP contribution in [0.2, 0.25) is 0 Å². The molecule has 1 atom stereocenters. The Hall–Kier alpha value is -4.34. The van der Waals surface area contributed by atoms with Gasteiger partial charge in [0, 0.05) is 7.05 Å². The first-order valence-corrected chi connectivity index (χ1v) is 9.86. The second-order valence-corrected chi connectivity index (χ2v) is 7.34. The second-order valence-electron chi connectivity index (χ2n) is 7.34. The highest BCUT2D eigenvalue weighted by molar-refractivity contribution is 6.09. The van der Waals surface area contributed by atoms with Crippen LogP contribution in [0.3, 0.4) is 0 Å². The standard InChI is InChI=1S/C22H19N3O2.C2HF3O2/c1-25-20(27)22(24-21(25)23,17-9-3-2-4-10-17)18-11-5-7-15(13-18)16-8-6-12-19(26)14-16;3-2(4,5)1(6)7/h2-14,26H,1H3,(H2,23,24);(H,6,7). The first-order valence-electron chi connectivity index (χ1n) is 9.86. The number of carboxylic acid groups (broad SMARTS) is 1. The summed E-state index contributed by atoms with van der Waals surface area (Å²) in [5.41, 5.74) is 8.02. The number of carbonyl (C=O) groups excluding carboxylic acids is 1. The number of carboxylic acids is 1. The minimum absolute atomic E-state index is 0.187. The summed E-state index contributed by atoms with van der Waals surface area (Å²) in [6, 6.07) is 24.1. The van der Waals surface area contributed by atoms with Crippen LogP contribution in [-0.2, 0) is 15.1 Å². The molecule has 1 aliphatic rings. The van der Waals surface area contributed by atoms with Crippen molar-refractivity contribution in [1.82, 2.24) is 4.90 Å². The zero-order valence-corrected chi connectivity index (χ0v) is 17.8. The molecule has 0 saturated carbocycles. The van der Waals surface area contributed by atoms with Gasteiger partial charge in [0.15, 0.2) is 11.5 Å². The number of phenolic OH excluding ortho intramolecular Hbond substituents is 1. The van der Waals surface area contributed by atoms with E-state index in [1.807, 2.05) is 60.7 Å². The number of aromatic hydroxyl groups is 1. The summed E-state index contributed by atoms with van der Waals surface area (Å²) < 4.78 is 31.7. The molecule has 0 aliphatic carbocycles. The fourth-order valence-corrected chi connectivity index (χ4v) is 3.47. The fourth-order valence-electron chi connectivity index (χ4n) is 3.47. The largest absolute Gasteiger partial charge is 0.508 e. The van der Waals surface area contributed by atoms with Crippen LogP contribution in [0, 0.1) is 0 Å². The zero-order chi connectivity index (χ0) is 25.1. The van der Waals surface area contributed by atoms with Crippen LogP contribution in [-0.4, -0.2) is 46.2 Å². The van der Waals surface area contributed by atoms with E-state index in [1.165, 1.54) is 4.90 Å². The number of benzene rings is 3. The number of hydrogen-bond donors (Lipinski definition) is 3. The van der Waals surface area contributed by atoms with Crippen molar-refractivity contribution in [1.29, 1.82) is 0 Å². The first-order chi connectivity index (χ1) is 16.0. The van der Waals surface area contributed by atoms with Crippen LogP contribution in [0.25, 0.3) is 11.1 Å². The SMILES string of the molecule is CN1C(=O)C(c2ccccc2)(c2cccc(-c3cccc(O)c3)c2)N=C1N.O=C(O)C(F)(F)F. The van der Waals surface area contributed by atoms with E-state index in [0.717, 1.165) is 22.3 Å². The van der Waals surface area contributed by atoms with Crippen LogP contribution in [0.1, 0.15) is 11.1 Å². The Balaban J connectivity index is 0.000000406. The van der Waals surface area contributed by atoms with Gasteiger partial charge in [-0.2, -0.15) is 13.2 Å². The molecule has 4 N–H and O–H groups in total. The Labute approximate surface area is 192 Å². The monoisotopic (exact) mass is 471 g/mol. The van der Waals surface area contributed by atoms with Crippen LogP contribution >= 0.6 is 0 Å². The minimum Gasteiger partial charge on any atom is -0.508 e. The van der Waals surface area contributed by atoms with E-state index in [0.29, 0.717) is 0 Å². The van der Waals surface area contributed by atoms with Crippen molar-refractivity contribution in [2.45, 2.75) is 11.7 Å². The number of likely N-dealkylation sites (N-methyl/N-ethyl adjacent to an activating group) is 1. The number of nitrogens with zero attached hydrogens (tertiary/aromatic N) is 2. The molecule has 1 aliphatic heterocycles. The Morgan fingerprint density at radius 1 is 0.941 bits per heavy atom. The second kappa shape index (κ2) is 9.26. The average molecular weight is 471 g/mol. The van der Waals surface area contributed by atoms with Crippen LogP contribution in [0.5, 0.6) is 5.75 Å². The van der Waals surface area contributed by atoms with E-state index in [-0.39, 0.29) is 17.6 Å². The zero-order valence-electron chi connectivity index (χ0n) is 17.8. The summed E-state index contributed by atoms with van der Waals surface area (Å²) in [5.74, 6) is -2.58. The van der Waals surface area contributed by atoms with Crippen molar-refractivity contribution < 1.29 is 33.0 Å². The van der Waals surface area contributed by atoms with Crippen molar-refractivity contribution in [2.24, 2.45) is 10.7 Å². The lowest BCUT2D eigenvalue weighted by Gasteiger charge is -2.26. The van der Waals surface area contributed by atoms with Crippen LogP contribution in [0.4, 0.5) is 13.2 Å². The molecule has 34 heavy (non-hydrogen) atoms. The topological polar surface area (TPSA) is 116 Å². The summed E-state index contributed by atoms with van der Waals surface area (Å²) in [6.45, 7) is 0. The molecular formula is C24H20F3N3O4. The maximum absolute atomic E-state index is 13.2. The Morgan fingerprint density at radius 2 is 1.47 bits per heavy atom. The van der Waals surface area contributed by atoms with E-state index in [1.54, 1.807) is 25.2 Å². The van der Waals surface area contributed by atoms with Crippen molar-refractivity contribution in [2.75, 3.05) is 7.05 Å². The van der Waals surface area contributed by atoms with E-state index in [4.69, 9.17) is 15.6 Å². The smallest absolute Gasteiger partial charge is 0.490 e. The van der Waals surface area contributed by atoms with Crippen molar-refractivity contribution in [3.8, 4) is 16.9 Å². The van der Waals surface area contributed by atoms with Gasteiger partial charge < -0.3 is 15.9 Å². The molecule has 0 radical (unpaired) electrons. The van der Waals surface area contributed by atoms with E-state index < -0.39 is 17.7 Å². The highest BCUT2D eigenvalue weighted by atomic mass is 19.4. The molecule has 0 saturated heterocycles. The molecule has 1 amide bonds. The summed E-state index contributed by atoms with van der Waals surface area (Å²) in [7, 11) is 1.63. The van der Waals surface area contributed by atoms with Crippen molar-refractivity contribution in [3.05, 3.63) is 90.0 Å². The van der Waals surface area contributed by atoms with Crippen molar-refractivity contribution >= 4 is 17.8 Å². The third-order valence-electron chi connectivity index (χ3n) is 5.13. The molecule has 0 aromatic heterocycles. The highest BCUT2D eigenvalue weighted by Crippen LogP contribution is 2.40. The number of halogens is 3. The number of aliphatic carboxylic acids is 1. The maximum Gasteiger partial charge on any atom is 0.490 e. The molecule has 7 nitrogen and oxygen atoms in total. The summed E-state index contributed by atoms with van der Waals surface area (Å²) in [6.07, 6.45) is -5.08. The molecule has 0 spiro atoms. The van der Waals surface area contributed by atoms with Gasteiger partial charge in [-0.1, -0.05) is 60.7 Å². The molecule has 1 heterocycles. The first kappa shape index (κ1) is 24.3. The predicted octanol–water partition coefficient (Wildman–Crippen LogP) is 3.72. The van der Waals surface area contributed by atoms with Gasteiger partial charge in [-0.15, -0.1) is 0 Å². The maximum atomic E-state index is 13.2. The van der Waals surface area contributed by atoms with Gasteiger partial charge in [-0.25, -0.2) is 9.79 Å². The van der Waals surface area contributed by atoms with Gasteiger partial charge in [0.25, 0.3) is 5.91 Å². The Morgan fingerprint density at radius 3 is 1.97 bits per heavy atom. The molecule has 10 heteroatoms. The summed E-state index contributed by atoms with van der Waals surface area (Å²) in [5, 5.41) is 16.9. The van der Waals surface area contributed by atoms with Gasteiger partial charge in [0.05, 0.1) is 0 Å². The van der Waals surface area contributed by atoms with E-state index in [9.17, 15) is 23.1 Å². The summed E-state index contributed by atoms with van der Waals surface area (Å²) >= 11 is 0. The number of nitrogens with two attached hydrogens (primary N) is 1. The van der Waals surface area contributed by atoms with Gasteiger partial charge in [0.1, 0.15) is 5.75 Å². The highest BCUT2D eigenvalue weighted by Gasteiger charge is 2.49. The molecule has 176 valence electrons. The fraction of sp³-hybridized carbons (Fsp3) is 0.125. The van der Waals surface area contributed by atoms with Crippen LogP contribution < -0.4 is 5.73 Å². The summed E-state index contributed by atoms with van der Waals surface area (Å²) in [4.78, 5) is 28.1. The number of alkyl halides is 3. The van der Waals surface area contributed by atoms with Gasteiger partial charge in [-0.3, -0.25) is 9.69 Å². The van der Waals surface area contributed by atoms with E-state index in [2.05, 4.69) is 4.99 Å². The molecular weight excluding hydrogens is 451 g/mol. The number of guanidine groups is 1. The predicted molar refractivity (Wildman–Crippen MR) is 119 cm³/mol. The third kappa shape index (κ3) is 4.70. The van der Waals surface area contributed by atoms with Gasteiger partial charge in [-0.05, 0) is 40.5 Å². The number of rotatable bonds is 3. The van der Waals surface area contributed by atoms with Crippen LogP contribution in [0.15, 0.2) is 83.9 Å². The molecule has 3 aromatic carbocycles. The quantitative estimate of drug-likeness (QED) is 0.538. The molecule has 3 aromatic rings. The minimum atomic E-state index is -5.08. The molecule has 0 bridgehead atoms. The van der Waals surface area contributed by atoms with Gasteiger partial charge >= 0.3 is 12.1 Å². The number of aliphatic imine (C=N–C) groups is 1. The normalized spacial score (nSPS) is 17.6. The van der Waals surface area contributed by atoms with Gasteiger partial charge in [0.2, 0.25) is 0 Å². The number of amides is 1. The lowest BCUT2D eigenvalue weighted by Crippen LogP contribution is -2.41. The lowest BCUT2D eigenvalue weighted by atomic mass is 9.82. The number of carbonyl (C=O) groups is 2. The van der Waals surface area contributed by atoms with E-state index >= 15 is 0 Å². The molecule has 1 unspecified atom stereocenters. The Kier molecular flexibility index (Phi) is 6.62. The lowest BCUT2D eigenvalue weighted by molar-refractivity contribution is -0.192. The molecule has 0 fully saturated rings. The molecule has 4 rings (SSSR count). The third-order valence-corrected chi connectivity index (χ3v) is 5.13. The average Bonchev–Trinajstić information content (AvgIpc) is 3.04.